The Morgan fingerprint density at radius 2 is 1.91 bits per heavy atom. The standard InChI is InChI=1S/C18H21ClN2O/c1-18(2,13-14-7-3-4-9-16(14)19)21-17(22)11-10-15-8-5-6-12-20-15/h3-9,12H,10-11,13H2,1-2H3,(H,21,22). The molecular formula is C18H21ClN2O. The molecule has 2 rings (SSSR count). The summed E-state index contributed by atoms with van der Waals surface area (Å²) >= 11 is 6.19. The van der Waals surface area contributed by atoms with Gasteiger partial charge in [0.2, 0.25) is 5.91 Å². The lowest BCUT2D eigenvalue weighted by atomic mass is 9.94. The summed E-state index contributed by atoms with van der Waals surface area (Å²) in [7, 11) is 0. The van der Waals surface area contributed by atoms with Gasteiger partial charge in [-0.25, -0.2) is 0 Å². The van der Waals surface area contributed by atoms with E-state index in [2.05, 4.69) is 10.3 Å². The molecule has 0 aliphatic carbocycles. The minimum Gasteiger partial charge on any atom is -0.351 e. The second-order valence-electron chi connectivity index (χ2n) is 6.02. The van der Waals surface area contributed by atoms with Crippen molar-refractivity contribution in [2.75, 3.05) is 0 Å². The molecule has 1 aromatic heterocycles. The number of nitrogens with zero attached hydrogens (tertiary/aromatic N) is 1. The largest absolute Gasteiger partial charge is 0.351 e. The van der Waals surface area contributed by atoms with Crippen molar-refractivity contribution in [1.29, 1.82) is 0 Å². The van der Waals surface area contributed by atoms with Crippen LogP contribution in [0.2, 0.25) is 5.02 Å². The molecule has 22 heavy (non-hydrogen) atoms. The van der Waals surface area contributed by atoms with Gasteiger partial charge in [-0.15, -0.1) is 0 Å². The van der Waals surface area contributed by atoms with Crippen molar-refractivity contribution in [2.45, 2.75) is 38.6 Å². The summed E-state index contributed by atoms with van der Waals surface area (Å²) in [5.74, 6) is 0.0303. The summed E-state index contributed by atoms with van der Waals surface area (Å²) in [6.45, 7) is 4.02. The molecule has 4 heteroatoms. The molecule has 0 fully saturated rings. The van der Waals surface area contributed by atoms with Gasteiger partial charge in [-0.05, 0) is 50.5 Å². The van der Waals surface area contributed by atoms with Gasteiger partial charge in [-0.3, -0.25) is 9.78 Å². The predicted molar refractivity (Wildman–Crippen MR) is 89.9 cm³/mol. The van der Waals surface area contributed by atoms with Gasteiger partial charge >= 0.3 is 0 Å². The van der Waals surface area contributed by atoms with Crippen LogP contribution >= 0.6 is 11.6 Å². The highest BCUT2D eigenvalue weighted by molar-refractivity contribution is 6.31. The fourth-order valence-electron chi connectivity index (χ4n) is 2.39. The van der Waals surface area contributed by atoms with Crippen LogP contribution in [0, 0.1) is 0 Å². The van der Waals surface area contributed by atoms with E-state index in [4.69, 9.17) is 11.6 Å². The van der Waals surface area contributed by atoms with E-state index >= 15 is 0 Å². The normalized spacial score (nSPS) is 11.2. The molecule has 1 amide bonds. The Labute approximate surface area is 136 Å². The number of aromatic nitrogens is 1. The number of amides is 1. The Balaban J connectivity index is 1.88. The average molecular weight is 317 g/mol. The van der Waals surface area contributed by atoms with Gasteiger partial charge in [0.05, 0.1) is 0 Å². The van der Waals surface area contributed by atoms with Crippen LogP contribution in [0.1, 0.15) is 31.5 Å². The van der Waals surface area contributed by atoms with Gasteiger partial charge in [0.25, 0.3) is 0 Å². The smallest absolute Gasteiger partial charge is 0.220 e. The predicted octanol–water partition coefficient (Wildman–Crippen LogP) is 3.81. The van der Waals surface area contributed by atoms with Crippen LogP contribution in [0.4, 0.5) is 0 Å². The van der Waals surface area contributed by atoms with E-state index in [1.807, 2.05) is 56.3 Å². The summed E-state index contributed by atoms with van der Waals surface area (Å²) in [5, 5.41) is 3.81. The average Bonchev–Trinajstić information content (AvgIpc) is 2.48. The Hall–Kier alpha value is -1.87. The van der Waals surface area contributed by atoms with Crippen LogP contribution in [-0.4, -0.2) is 16.4 Å². The Kier molecular flexibility index (Phi) is 5.56. The number of rotatable bonds is 6. The highest BCUT2D eigenvalue weighted by Gasteiger charge is 2.21. The molecule has 0 aliphatic rings. The van der Waals surface area contributed by atoms with Gasteiger partial charge in [0, 0.05) is 28.9 Å². The molecule has 3 nitrogen and oxygen atoms in total. The lowest BCUT2D eigenvalue weighted by Gasteiger charge is -2.27. The lowest BCUT2D eigenvalue weighted by Crippen LogP contribution is -2.45. The molecule has 1 N–H and O–H groups in total. The SMILES string of the molecule is CC(C)(Cc1ccccc1Cl)NC(=O)CCc1ccccn1. The third-order valence-electron chi connectivity index (χ3n) is 3.40. The van der Waals surface area contributed by atoms with Crippen molar-refractivity contribution in [2.24, 2.45) is 0 Å². The Morgan fingerprint density at radius 3 is 2.59 bits per heavy atom. The molecule has 116 valence electrons. The van der Waals surface area contributed by atoms with Gasteiger partial charge < -0.3 is 5.32 Å². The molecule has 0 saturated heterocycles. The van der Waals surface area contributed by atoms with E-state index in [1.165, 1.54) is 0 Å². The van der Waals surface area contributed by atoms with Gasteiger partial charge in [-0.2, -0.15) is 0 Å². The summed E-state index contributed by atoms with van der Waals surface area (Å²) in [4.78, 5) is 16.4. The number of benzene rings is 1. The maximum Gasteiger partial charge on any atom is 0.220 e. The fourth-order valence-corrected chi connectivity index (χ4v) is 2.59. The Bertz CT molecular complexity index is 626. The molecule has 0 bridgehead atoms. The molecule has 0 radical (unpaired) electrons. The van der Waals surface area contributed by atoms with E-state index in [-0.39, 0.29) is 11.4 Å². The molecular weight excluding hydrogens is 296 g/mol. The van der Waals surface area contributed by atoms with Crippen molar-refractivity contribution in [3.8, 4) is 0 Å². The summed E-state index contributed by atoms with van der Waals surface area (Å²) in [6.07, 6.45) is 3.52. The minimum atomic E-state index is -0.341. The van der Waals surface area contributed by atoms with E-state index in [1.54, 1.807) is 6.20 Å². The van der Waals surface area contributed by atoms with Crippen LogP contribution in [0.15, 0.2) is 48.7 Å². The quantitative estimate of drug-likeness (QED) is 0.880. The maximum absolute atomic E-state index is 12.1. The van der Waals surface area contributed by atoms with Crippen molar-refractivity contribution in [3.63, 3.8) is 0 Å². The highest BCUT2D eigenvalue weighted by atomic mass is 35.5. The first-order valence-electron chi connectivity index (χ1n) is 7.41. The van der Waals surface area contributed by atoms with Crippen LogP contribution < -0.4 is 5.32 Å². The van der Waals surface area contributed by atoms with Gasteiger partial charge in [0.1, 0.15) is 0 Å². The Morgan fingerprint density at radius 1 is 1.18 bits per heavy atom. The number of aryl methyl sites for hydroxylation is 1. The van der Waals surface area contributed by atoms with E-state index < -0.39 is 0 Å². The number of carbonyl (C=O) groups excluding carboxylic acids is 1. The molecule has 0 spiro atoms. The number of nitrogens with one attached hydrogen (secondary N) is 1. The summed E-state index contributed by atoms with van der Waals surface area (Å²) < 4.78 is 0. The molecule has 1 aromatic carbocycles. The van der Waals surface area contributed by atoms with Gasteiger partial charge in [0.15, 0.2) is 0 Å². The number of hydrogen-bond acceptors (Lipinski definition) is 2. The van der Waals surface area contributed by atoms with Crippen LogP contribution in [0.25, 0.3) is 0 Å². The third-order valence-corrected chi connectivity index (χ3v) is 3.77. The first-order valence-corrected chi connectivity index (χ1v) is 7.78. The summed E-state index contributed by atoms with van der Waals surface area (Å²) in [6, 6.07) is 13.5. The maximum atomic E-state index is 12.1. The van der Waals surface area contributed by atoms with Crippen LogP contribution in [0.5, 0.6) is 0 Å². The first kappa shape index (κ1) is 16.5. The van der Waals surface area contributed by atoms with Crippen molar-refractivity contribution in [3.05, 3.63) is 64.9 Å². The number of hydrogen-bond donors (Lipinski definition) is 1. The fraction of sp³-hybridized carbons (Fsp3) is 0.333. The third kappa shape index (κ3) is 5.15. The molecule has 0 atom stereocenters. The minimum absolute atomic E-state index is 0.0303. The van der Waals surface area contributed by atoms with Crippen molar-refractivity contribution >= 4 is 17.5 Å². The summed E-state index contributed by atoms with van der Waals surface area (Å²) in [5.41, 5.74) is 1.63. The van der Waals surface area contributed by atoms with Crippen LogP contribution in [-0.2, 0) is 17.6 Å². The van der Waals surface area contributed by atoms with Crippen molar-refractivity contribution < 1.29 is 4.79 Å². The van der Waals surface area contributed by atoms with Gasteiger partial charge in [-0.1, -0.05) is 35.9 Å². The molecule has 0 saturated carbocycles. The van der Waals surface area contributed by atoms with E-state index in [9.17, 15) is 4.79 Å². The zero-order valence-corrected chi connectivity index (χ0v) is 13.7. The van der Waals surface area contributed by atoms with E-state index in [0.29, 0.717) is 19.3 Å². The lowest BCUT2D eigenvalue weighted by molar-refractivity contribution is -0.122. The molecule has 1 heterocycles. The van der Waals surface area contributed by atoms with Crippen LogP contribution in [0.3, 0.4) is 0 Å². The number of pyridine rings is 1. The first-order chi connectivity index (χ1) is 10.5. The second kappa shape index (κ2) is 7.41. The number of halogens is 1. The monoisotopic (exact) mass is 316 g/mol. The van der Waals surface area contributed by atoms with Crippen molar-refractivity contribution in [1.82, 2.24) is 10.3 Å². The zero-order chi connectivity index (χ0) is 16.0. The highest BCUT2D eigenvalue weighted by Crippen LogP contribution is 2.20. The molecule has 2 aromatic rings. The second-order valence-corrected chi connectivity index (χ2v) is 6.43. The zero-order valence-electron chi connectivity index (χ0n) is 13.0. The molecule has 0 aliphatic heterocycles. The number of carbonyl (C=O) groups is 1. The molecule has 0 unspecified atom stereocenters. The topological polar surface area (TPSA) is 42.0 Å². The van der Waals surface area contributed by atoms with E-state index in [0.717, 1.165) is 16.3 Å².